The summed E-state index contributed by atoms with van der Waals surface area (Å²) in [6, 6.07) is 0.332. The van der Waals surface area contributed by atoms with E-state index in [9.17, 15) is 4.79 Å². The first-order valence-electron chi connectivity index (χ1n) is 4.08. The van der Waals surface area contributed by atoms with Gasteiger partial charge in [0.25, 0.3) is 0 Å². The van der Waals surface area contributed by atoms with Crippen LogP contribution in [0.5, 0.6) is 0 Å². The van der Waals surface area contributed by atoms with E-state index in [4.69, 9.17) is 11.6 Å². The lowest BCUT2D eigenvalue weighted by molar-refractivity contribution is 0.241. The molecule has 1 aliphatic carbocycles. The van der Waals surface area contributed by atoms with Crippen LogP contribution in [0.25, 0.3) is 0 Å². The summed E-state index contributed by atoms with van der Waals surface area (Å²) in [6.07, 6.45) is 5.87. The first-order valence-corrected chi connectivity index (χ1v) is 4.61. The van der Waals surface area contributed by atoms with Crippen molar-refractivity contribution in [3.8, 4) is 0 Å². The van der Waals surface area contributed by atoms with Crippen molar-refractivity contribution in [2.45, 2.75) is 18.9 Å². The Hall–Kier alpha value is -0.700. The van der Waals surface area contributed by atoms with E-state index in [1.54, 1.807) is 6.08 Å². The Bertz CT molecular complexity index is 178. The van der Waals surface area contributed by atoms with Crippen LogP contribution in [-0.2, 0) is 0 Å². The van der Waals surface area contributed by atoms with Gasteiger partial charge in [0.2, 0.25) is 0 Å². The normalized spacial score (nSPS) is 16.4. The number of hydrogen-bond acceptors (Lipinski definition) is 1. The number of hydrogen-bond donors (Lipinski definition) is 2. The highest BCUT2D eigenvalue weighted by Crippen LogP contribution is 2.17. The van der Waals surface area contributed by atoms with Gasteiger partial charge >= 0.3 is 6.03 Å². The zero-order valence-corrected chi connectivity index (χ0v) is 7.60. The number of carbonyl (C=O) groups is 1. The van der Waals surface area contributed by atoms with E-state index >= 15 is 0 Å². The van der Waals surface area contributed by atoms with Crippen molar-refractivity contribution in [3.63, 3.8) is 0 Å². The summed E-state index contributed by atoms with van der Waals surface area (Å²) in [5.41, 5.74) is 0. The third-order valence-corrected chi connectivity index (χ3v) is 1.73. The molecule has 0 aromatic heterocycles. The minimum Gasteiger partial charge on any atom is -0.335 e. The van der Waals surface area contributed by atoms with Crippen molar-refractivity contribution in [2.75, 3.05) is 12.4 Å². The molecule has 0 bridgehead atoms. The Morgan fingerprint density at radius 3 is 2.83 bits per heavy atom. The third kappa shape index (κ3) is 4.23. The van der Waals surface area contributed by atoms with Crippen LogP contribution in [0.15, 0.2) is 12.2 Å². The molecule has 0 heterocycles. The van der Waals surface area contributed by atoms with Gasteiger partial charge in [0.15, 0.2) is 0 Å². The zero-order chi connectivity index (χ0) is 8.81. The molecule has 0 unspecified atom stereocenters. The quantitative estimate of drug-likeness (QED) is 0.506. The molecule has 2 amide bonds. The number of allylic oxidation sites excluding steroid dienone is 1. The Kier molecular flexibility index (Phi) is 3.94. The largest absolute Gasteiger partial charge is 0.335 e. The average molecular weight is 189 g/mol. The molecule has 3 nitrogen and oxygen atoms in total. The smallest absolute Gasteiger partial charge is 0.315 e. The van der Waals surface area contributed by atoms with Crippen molar-refractivity contribution in [1.82, 2.24) is 10.6 Å². The second-order valence-electron chi connectivity index (χ2n) is 2.75. The summed E-state index contributed by atoms with van der Waals surface area (Å²) in [5.74, 6) is 0.492. The molecule has 12 heavy (non-hydrogen) atoms. The number of carbonyl (C=O) groups excluding carboxylic acids is 1. The van der Waals surface area contributed by atoms with Gasteiger partial charge in [-0.15, -0.1) is 11.6 Å². The van der Waals surface area contributed by atoms with Gasteiger partial charge < -0.3 is 10.6 Å². The highest BCUT2D eigenvalue weighted by molar-refractivity contribution is 6.18. The van der Waals surface area contributed by atoms with Crippen LogP contribution in [0.3, 0.4) is 0 Å². The van der Waals surface area contributed by atoms with Crippen LogP contribution < -0.4 is 10.6 Å². The number of alkyl halides is 1. The van der Waals surface area contributed by atoms with E-state index in [1.165, 1.54) is 0 Å². The molecule has 1 aliphatic rings. The average Bonchev–Trinajstić information content (AvgIpc) is 2.82. The van der Waals surface area contributed by atoms with Crippen molar-refractivity contribution < 1.29 is 4.79 Å². The Labute approximate surface area is 77.2 Å². The fourth-order valence-corrected chi connectivity index (χ4v) is 0.888. The molecule has 2 N–H and O–H groups in total. The number of halogens is 1. The second kappa shape index (κ2) is 5.04. The van der Waals surface area contributed by atoms with Crippen LogP contribution in [0.4, 0.5) is 4.79 Å². The second-order valence-corrected chi connectivity index (χ2v) is 3.06. The predicted molar refractivity (Wildman–Crippen MR) is 49.4 cm³/mol. The number of rotatable bonds is 4. The van der Waals surface area contributed by atoms with Crippen LogP contribution in [0.2, 0.25) is 0 Å². The lowest BCUT2D eigenvalue weighted by atomic mass is 10.5. The lowest BCUT2D eigenvalue weighted by Gasteiger charge is -2.02. The molecule has 68 valence electrons. The molecule has 1 rings (SSSR count). The molecule has 0 aromatic carbocycles. The van der Waals surface area contributed by atoms with Gasteiger partial charge in [-0.25, -0.2) is 4.79 Å². The van der Waals surface area contributed by atoms with E-state index in [1.807, 2.05) is 6.08 Å². The van der Waals surface area contributed by atoms with Gasteiger partial charge in [-0.05, 0) is 12.8 Å². The van der Waals surface area contributed by atoms with Crippen molar-refractivity contribution in [1.29, 1.82) is 0 Å². The maximum Gasteiger partial charge on any atom is 0.315 e. The summed E-state index contributed by atoms with van der Waals surface area (Å²) < 4.78 is 0. The summed E-state index contributed by atoms with van der Waals surface area (Å²) in [7, 11) is 0. The minimum atomic E-state index is -0.0864. The van der Waals surface area contributed by atoms with Crippen LogP contribution >= 0.6 is 11.6 Å². The topological polar surface area (TPSA) is 41.1 Å². The monoisotopic (exact) mass is 188 g/mol. The third-order valence-electron chi connectivity index (χ3n) is 1.55. The van der Waals surface area contributed by atoms with E-state index in [0.29, 0.717) is 18.5 Å². The number of amides is 2. The van der Waals surface area contributed by atoms with E-state index in [0.717, 1.165) is 12.8 Å². The maximum absolute atomic E-state index is 11.0. The number of nitrogens with one attached hydrogen (secondary N) is 2. The van der Waals surface area contributed by atoms with E-state index < -0.39 is 0 Å². The highest BCUT2D eigenvalue weighted by atomic mass is 35.5. The van der Waals surface area contributed by atoms with Gasteiger partial charge in [-0.2, -0.15) is 0 Å². The van der Waals surface area contributed by atoms with Gasteiger partial charge in [-0.1, -0.05) is 12.2 Å². The first-order chi connectivity index (χ1) is 5.83. The van der Waals surface area contributed by atoms with Gasteiger partial charge in [0, 0.05) is 18.5 Å². The number of urea groups is 1. The SMILES string of the molecule is O=C(NC/C=C/CCl)NC1CC1. The molecular weight excluding hydrogens is 176 g/mol. The van der Waals surface area contributed by atoms with Crippen molar-refractivity contribution in [2.24, 2.45) is 0 Å². The fourth-order valence-electron chi connectivity index (χ4n) is 0.762. The summed E-state index contributed by atoms with van der Waals surface area (Å²) in [4.78, 5) is 11.0. The summed E-state index contributed by atoms with van der Waals surface area (Å²) >= 11 is 5.40. The van der Waals surface area contributed by atoms with Crippen LogP contribution in [-0.4, -0.2) is 24.5 Å². The summed E-state index contributed by atoms with van der Waals surface area (Å²) in [5, 5.41) is 5.51. The minimum absolute atomic E-state index is 0.0864. The van der Waals surface area contributed by atoms with Gasteiger partial charge in [0.1, 0.15) is 0 Å². The molecule has 0 spiro atoms. The first kappa shape index (κ1) is 9.39. The molecule has 0 aromatic rings. The van der Waals surface area contributed by atoms with Crippen molar-refractivity contribution in [3.05, 3.63) is 12.2 Å². The molecule has 1 fully saturated rings. The fraction of sp³-hybridized carbons (Fsp3) is 0.625. The molecule has 0 atom stereocenters. The molecular formula is C8H13ClN2O. The zero-order valence-electron chi connectivity index (χ0n) is 6.85. The molecule has 0 aliphatic heterocycles. The molecule has 0 radical (unpaired) electrons. The van der Waals surface area contributed by atoms with E-state index in [-0.39, 0.29) is 6.03 Å². The van der Waals surface area contributed by atoms with Crippen molar-refractivity contribution >= 4 is 17.6 Å². The summed E-state index contributed by atoms with van der Waals surface area (Å²) in [6.45, 7) is 0.547. The standard InChI is InChI=1S/C8H13ClN2O/c9-5-1-2-6-10-8(12)11-7-3-4-7/h1-2,7H,3-6H2,(H2,10,11,12)/b2-1+. The Balaban J connectivity index is 1.97. The highest BCUT2D eigenvalue weighted by Gasteiger charge is 2.22. The van der Waals surface area contributed by atoms with Crippen LogP contribution in [0, 0.1) is 0 Å². The van der Waals surface area contributed by atoms with Gasteiger partial charge in [0.05, 0.1) is 0 Å². The van der Waals surface area contributed by atoms with E-state index in [2.05, 4.69) is 10.6 Å². The van der Waals surface area contributed by atoms with Gasteiger partial charge in [-0.3, -0.25) is 0 Å². The Morgan fingerprint density at radius 1 is 1.50 bits per heavy atom. The molecule has 1 saturated carbocycles. The van der Waals surface area contributed by atoms with Crippen LogP contribution in [0.1, 0.15) is 12.8 Å². The maximum atomic E-state index is 11.0. The predicted octanol–water partition coefficient (Wildman–Crippen LogP) is 1.24. The lowest BCUT2D eigenvalue weighted by Crippen LogP contribution is -2.36. The Morgan fingerprint density at radius 2 is 2.25 bits per heavy atom. The molecule has 4 heteroatoms. The molecule has 0 saturated heterocycles.